The van der Waals surface area contributed by atoms with Gasteiger partial charge in [-0.15, -0.1) is 0 Å². The molecular weight excluding hydrogens is 184 g/mol. The van der Waals surface area contributed by atoms with Gasteiger partial charge in [-0.25, -0.2) is 9.97 Å². The number of aromatic nitrogens is 2. The molecule has 1 rings (SSSR count). The van der Waals surface area contributed by atoms with E-state index in [1.54, 1.807) is 0 Å². The first-order valence-electron chi connectivity index (χ1n) is 4.25. The van der Waals surface area contributed by atoms with Gasteiger partial charge < -0.3 is 9.47 Å². The number of nitrogens with zero attached hydrogens (tertiary/aromatic N) is 2. The van der Waals surface area contributed by atoms with Crippen molar-refractivity contribution in [1.29, 1.82) is 0 Å². The number of hydrogen-bond acceptors (Lipinski definition) is 5. The van der Waals surface area contributed by atoms with Crippen LogP contribution in [0.2, 0.25) is 0 Å². The number of Topliss-reactive ketones (excluding diaryl/α,β-unsaturated/α-hetero) is 1. The van der Waals surface area contributed by atoms with Gasteiger partial charge in [0.25, 0.3) is 0 Å². The van der Waals surface area contributed by atoms with E-state index in [9.17, 15) is 4.79 Å². The van der Waals surface area contributed by atoms with Gasteiger partial charge in [0.05, 0.1) is 7.11 Å². The molecule has 0 aromatic carbocycles. The summed E-state index contributed by atoms with van der Waals surface area (Å²) in [5.74, 6) is 0.201. The minimum absolute atomic E-state index is 0.0384. The van der Waals surface area contributed by atoms with Gasteiger partial charge in [0.2, 0.25) is 11.7 Å². The number of carbonyl (C=O) groups excluding carboxylic acids is 1. The third kappa shape index (κ3) is 2.77. The molecule has 0 unspecified atom stereocenters. The summed E-state index contributed by atoms with van der Waals surface area (Å²) in [5.41, 5.74) is 0.310. The molecule has 0 amide bonds. The molecule has 0 aliphatic carbocycles. The second-order valence-corrected chi connectivity index (χ2v) is 2.51. The summed E-state index contributed by atoms with van der Waals surface area (Å²) < 4.78 is 9.84. The lowest BCUT2D eigenvalue weighted by molar-refractivity contribution is 0.0777. The van der Waals surface area contributed by atoms with Crippen LogP contribution >= 0.6 is 0 Å². The number of methoxy groups -OCH3 is 1. The molecule has 0 saturated heterocycles. The number of ether oxygens (including phenoxy) is 2. The maximum absolute atomic E-state index is 11.4. The molecular formula is C9H12N2O3. The maximum Gasteiger partial charge on any atom is 0.216 e. The topological polar surface area (TPSA) is 61.3 Å². The molecule has 0 aliphatic rings. The second-order valence-electron chi connectivity index (χ2n) is 2.51. The Kier molecular flexibility index (Phi) is 4.00. The van der Waals surface area contributed by atoms with Crippen LogP contribution in [0.5, 0.6) is 5.88 Å². The molecule has 0 N–H and O–H groups in total. The third-order valence-corrected chi connectivity index (χ3v) is 1.57. The minimum Gasteiger partial charge on any atom is -0.481 e. The van der Waals surface area contributed by atoms with Gasteiger partial charge in [-0.1, -0.05) is 0 Å². The van der Waals surface area contributed by atoms with Crippen molar-refractivity contribution in [3.63, 3.8) is 0 Å². The highest BCUT2D eigenvalue weighted by molar-refractivity contribution is 5.95. The molecule has 0 bridgehead atoms. The smallest absolute Gasteiger partial charge is 0.216 e. The zero-order valence-corrected chi connectivity index (χ0v) is 8.19. The highest BCUT2D eigenvalue weighted by Crippen LogP contribution is 2.06. The summed E-state index contributed by atoms with van der Waals surface area (Å²) in [7, 11) is 1.49. The molecule has 0 spiro atoms. The Labute approximate surface area is 82.1 Å². The molecule has 0 atom stereocenters. The lowest BCUT2D eigenvalue weighted by Gasteiger charge is -2.01. The molecule has 0 radical (unpaired) electrons. The van der Waals surface area contributed by atoms with Crippen LogP contribution < -0.4 is 4.74 Å². The normalized spacial score (nSPS) is 9.86. The van der Waals surface area contributed by atoms with E-state index >= 15 is 0 Å². The Hall–Kier alpha value is -1.49. The number of carbonyl (C=O) groups is 1. The average molecular weight is 196 g/mol. The van der Waals surface area contributed by atoms with Gasteiger partial charge in [0, 0.05) is 12.7 Å². The Morgan fingerprint density at radius 3 is 2.93 bits per heavy atom. The summed E-state index contributed by atoms with van der Waals surface area (Å²) in [6.45, 7) is 2.37. The van der Waals surface area contributed by atoms with Crippen LogP contribution in [0.4, 0.5) is 0 Å². The first-order chi connectivity index (χ1) is 6.77. The first kappa shape index (κ1) is 10.6. The predicted octanol–water partition coefficient (Wildman–Crippen LogP) is 0.704. The summed E-state index contributed by atoms with van der Waals surface area (Å²) in [5, 5.41) is 0. The molecule has 0 saturated carbocycles. The van der Waals surface area contributed by atoms with E-state index in [-0.39, 0.29) is 12.4 Å². The average Bonchev–Trinajstić information content (AvgIpc) is 2.26. The van der Waals surface area contributed by atoms with Gasteiger partial charge in [-0.2, -0.15) is 0 Å². The van der Waals surface area contributed by atoms with Crippen molar-refractivity contribution >= 4 is 5.78 Å². The number of rotatable bonds is 5. The second kappa shape index (κ2) is 5.29. The fraction of sp³-hybridized carbons (Fsp3) is 0.444. The fourth-order valence-corrected chi connectivity index (χ4v) is 0.872. The van der Waals surface area contributed by atoms with E-state index in [2.05, 4.69) is 9.97 Å². The van der Waals surface area contributed by atoms with Gasteiger partial charge >= 0.3 is 0 Å². The summed E-state index contributed by atoms with van der Waals surface area (Å²) in [6.07, 6.45) is 1.29. The van der Waals surface area contributed by atoms with Crippen molar-refractivity contribution in [2.24, 2.45) is 0 Å². The molecule has 0 fully saturated rings. The standard InChI is InChI=1S/C9H12N2O3/c1-3-14-5-8(12)7-4-9(13-2)11-6-10-7/h4,6H,3,5H2,1-2H3. The molecule has 5 heteroatoms. The zero-order chi connectivity index (χ0) is 10.4. The zero-order valence-electron chi connectivity index (χ0n) is 8.19. The van der Waals surface area contributed by atoms with Crippen molar-refractivity contribution < 1.29 is 14.3 Å². The van der Waals surface area contributed by atoms with Gasteiger partial charge in [-0.3, -0.25) is 4.79 Å². The van der Waals surface area contributed by atoms with Crippen LogP contribution in [-0.4, -0.2) is 36.1 Å². The highest BCUT2D eigenvalue weighted by Gasteiger charge is 2.08. The van der Waals surface area contributed by atoms with Gasteiger partial charge in [-0.05, 0) is 6.92 Å². The van der Waals surface area contributed by atoms with E-state index in [1.807, 2.05) is 6.92 Å². The monoisotopic (exact) mass is 196 g/mol. The first-order valence-corrected chi connectivity index (χ1v) is 4.25. The van der Waals surface area contributed by atoms with Crippen LogP contribution in [0.25, 0.3) is 0 Å². The molecule has 14 heavy (non-hydrogen) atoms. The van der Waals surface area contributed by atoms with Crippen LogP contribution in [0.15, 0.2) is 12.4 Å². The van der Waals surface area contributed by atoms with Crippen molar-refractivity contribution in [2.45, 2.75) is 6.92 Å². The van der Waals surface area contributed by atoms with E-state index < -0.39 is 0 Å². The van der Waals surface area contributed by atoms with Crippen LogP contribution in [-0.2, 0) is 4.74 Å². The van der Waals surface area contributed by atoms with Gasteiger partial charge in [0.15, 0.2) is 0 Å². The van der Waals surface area contributed by atoms with Crippen molar-refractivity contribution in [3.8, 4) is 5.88 Å². The minimum atomic E-state index is -0.174. The van der Waals surface area contributed by atoms with E-state index in [0.29, 0.717) is 18.2 Å². The summed E-state index contributed by atoms with van der Waals surface area (Å²) >= 11 is 0. The largest absolute Gasteiger partial charge is 0.481 e. The van der Waals surface area contributed by atoms with Crippen molar-refractivity contribution in [1.82, 2.24) is 9.97 Å². The Morgan fingerprint density at radius 1 is 1.50 bits per heavy atom. The quantitative estimate of drug-likeness (QED) is 0.649. The van der Waals surface area contributed by atoms with Gasteiger partial charge in [0.1, 0.15) is 18.6 Å². The molecule has 1 aromatic heterocycles. The fourth-order valence-electron chi connectivity index (χ4n) is 0.872. The SMILES string of the molecule is CCOCC(=O)c1cc(OC)ncn1. The van der Waals surface area contributed by atoms with E-state index in [0.717, 1.165) is 0 Å². The molecule has 0 aliphatic heterocycles. The van der Waals surface area contributed by atoms with E-state index in [4.69, 9.17) is 9.47 Å². The highest BCUT2D eigenvalue weighted by atomic mass is 16.5. The molecule has 1 aromatic rings. The molecule has 1 heterocycles. The van der Waals surface area contributed by atoms with Crippen LogP contribution in [0, 0.1) is 0 Å². The van der Waals surface area contributed by atoms with E-state index in [1.165, 1.54) is 19.5 Å². The molecule has 5 nitrogen and oxygen atoms in total. The lowest BCUT2D eigenvalue weighted by atomic mass is 10.3. The Morgan fingerprint density at radius 2 is 2.29 bits per heavy atom. The summed E-state index contributed by atoms with van der Waals surface area (Å²) in [6, 6.07) is 1.49. The third-order valence-electron chi connectivity index (χ3n) is 1.57. The Balaban J connectivity index is 2.69. The van der Waals surface area contributed by atoms with Crippen molar-refractivity contribution in [3.05, 3.63) is 18.1 Å². The molecule has 76 valence electrons. The number of hydrogen-bond donors (Lipinski definition) is 0. The number of ketones is 1. The maximum atomic E-state index is 11.4. The predicted molar refractivity (Wildman–Crippen MR) is 49.4 cm³/mol. The summed E-state index contributed by atoms with van der Waals surface area (Å²) in [4.78, 5) is 19.0. The van der Waals surface area contributed by atoms with Crippen molar-refractivity contribution in [2.75, 3.05) is 20.3 Å². The lowest BCUT2D eigenvalue weighted by Crippen LogP contribution is -2.11. The van der Waals surface area contributed by atoms with Crippen LogP contribution in [0.3, 0.4) is 0 Å². The Bertz CT molecular complexity index is 315. The van der Waals surface area contributed by atoms with Crippen LogP contribution in [0.1, 0.15) is 17.4 Å².